The number of amides is 2. The number of aryl methyl sites for hydroxylation is 1. The van der Waals surface area contributed by atoms with Crippen LogP contribution in [0.15, 0.2) is 24.3 Å². The summed E-state index contributed by atoms with van der Waals surface area (Å²) in [5.74, 6) is -2.22. The molecule has 2 aliphatic carbocycles. The average Bonchev–Trinajstić information content (AvgIpc) is 3.34. The van der Waals surface area contributed by atoms with Gasteiger partial charge in [0.1, 0.15) is 10.8 Å². The number of carbonyl (C=O) groups is 3. The van der Waals surface area contributed by atoms with E-state index >= 15 is 0 Å². The number of anilines is 2. The van der Waals surface area contributed by atoms with Gasteiger partial charge in [-0.2, -0.15) is 0 Å². The number of carboxylic acid groups (broad SMARTS) is 1. The van der Waals surface area contributed by atoms with Crippen molar-refractivity contribution in [3.63, 3.8) is 0 Å². The molecule has 2 amide bonds. The number of aliphatic carboxylic acids is 1. The molecule has 1 aromatic heterocycles. The van der Waals surface area contributed by atoms with Crippen molar-refractivity contribution in [3.8, 4) is 5.75 Å². The molecule has 0 bridgehead atoms. The molecule has 0 aliphatic heterocycles. The van der Waals surface area contributed by atoms with E-state index in [1.807, 2.05) is 12.1 Å². The molecule has 7 nitrogen and oxygen atoms in total. The smallest absolute Gasteiger partial charge is 0.307 e. The van der Waals surface area contributed by atoms with Gasteiger partial charge < -0.3 is 20.5 Å². The highest BCUT2D eigenvalue weighted by Gasteiger charge is 2.37. The zero-order valence-electron chi connectivity index (χ0n) is 17.4. The van der Waals surface area contributed by atoms with Gasteiger partial charge in [0.05, 0.1) is 30.2 Å². The fraction of sp³-hybridized carbons (Fsp3) is 0.435. The quantitative estimate of drug-likeness (QED) is 0.618. The Kier molecular flexibility index (Phi) is 6.27. The van der Waals surface area contributed by atoms with Crippen molar-refractivity contribution >= 4 is 39.8 Å². The Labute approximate surface area is 184 Å². The molecule has 0 radical (unpaired) electrons. The summed E-state index contributed by atoms with van der Waals surface area (Å²) < 4.78 is 5.33. The number of carbonyl (C=O) groups excluding carboxylic acids is 2. The van der Waals surface area contributed by atoms with E-state index in [2.05, 4.69) is 10.6 Å². The SMILES string of the molecule is COc1ccccc1NC(=O)c1c(NC(=O)[C@H]2CCCC[C@@H]2C(=O)O)sc2c1CCC2. The van der Waals surface area contributed by atoms with Crippen molar-refractivity contribution in [2.75, 3.05) is 17.7 Å². The van der Waals surface area contributed by atoms with Gasteiger partial charge in [0, 0.05) is 4.88 Å². The molecule has 0 unspecified atom stereocenters. The second-order valence-corrected chi connectivity index (χ2v) is 9.15. The third-order valence-corrected chi connectivity index (χ3v) is 7.37. The van der Waals surface area contributed by atoms with Crippen molar-refractivity contribution in [2.24, 2.45) is 11.8 Å². The van der Waals surface area contributed by atoms with Crippen molar-refractivity contribution in [1.29, 1.82) is 0 Å². The minimum atomic E-state index is -0.928. The van der Waals surface area contributed by atoms with E-state index in [4.69, 9.17) is 4.74 Å². The lowest BCUT2D eigenvalue weighted by Crippen LogP contribution is -2.36. The van der Waals surface area contributed by atoms with Crippen LogP contribution in [0.5, 0.6) is 5.75 Å². The fourth-order valence-electron chi connectivity index (χ4n) is 4.61. The van der Waals surface area contributed by atoms with Crippen LogP contribution >= 0.6 is 11.3 Å². The number of thiophene rings is 1. The topological polar surface area (TPSA) is 105 Å². The van der Waals surface area contributed by atoms with E-state index in [-0.39, 0.29) is 11.8 Å². The molecule has 1 heterocycles. The lowest BCUT2D eigenvalue weighted by atomic mass is 9.79. The maximum atomic E-state index is 13.2. The predicted molar refractivity (Wildman–Crippen MR) is 119 cm³/mol. The molecule has 1 aromatic carbocycles. The fourth-order valence-corrected chi connectivity index (χ4v) is 5.90. The number of carboxylic acids is 1. The first-order valence-corrected chi connectivity index (χ1v) is 11.4. The van der Waals surface area contributed by atoms with Crippen LogP contribution < -0.4 is 15.4 Å². The van der Waals surface area contributed by atoms with Crippen LogP contribution in [0, 0.1) is 11.8 Å². The highest BCUT2D eigenvalue weighted by molar-refractivity contribution is 7.17. The first-order valence-electron chi connectivity index (χ1n) is 10.6. The van der Waals surface area contributed by atoms with Gasteiger partial charge in [0.2, 0.25) is 5.91 Å². The summed E-state index contributed by atoms with van der Waals surface area (Å²) in [5, 5.41) is 15.9. The number of para-hydroxylation sites is 2. The molecular formula is C23H26N2O5S. The molecule has 0 spiro atoms. The van der Waals surface area contributed by atoms with Crippen LogP contribution in [0.4, 0.5) is 10.7 Å². The van der Waals surface area contributed by atoms with Gasteiger partial charge in [0.25, 0.3) is 5.91 Å². The second kappa shape index (κ2) is 9.09. The molecule has 4 rings (SSSR count). The summed E-state index contributed by atoms with van der Waals surface area (Å²) in [5.41, 5.74) is 2.02. The van der Waals surface area contributed by atoms with Crippen LogP contribution in [0.3, 0.4) is 0 Å². The molecule has 1 saturated carbocycles. The maximum Gasteiger partial charge on any atom is 0.307 e. The molecule has 2 aliphatic rings. The van der Waals surface area contributed by atoms with Gasteiger partial charge in [-0.1, -0.05) is 25.0 Å². The zero-order chi connectivity index (χ0) is 22.0. The number of ether oxygens (including phenoxy) is 1. The van der Waals surface area contributed by atoms with Crippen LogP contribution in [0.2, 0.25) is 0 Å². The average molecular weight is 443 g/mol. The highest BCUT2D eigenvalue weighted by Crippen LogP contribution is 2.41. The largest absolute Gasteiger partial charge is 0.495 e. The lowest BCUT2D eigenvalue weighted by molar-refractivity contribution is -0.147. The van der Waals surface area contributed by atoms with Crippen molar-refractivity contribution in [1.82, 2.24) is 0 Å². The normalized spacial score (nSPS) is 20.0. The van der Waals surface area contributed by atoms with Gasteiger partial charge in [-0.3, -0.25) is 14.4 Å². The Morgan fingerprint density at radius 1 is 1.03 bits per heavy atom. The number of hydrogen-bond acceptors (Lipinski definition) is 5. The van der Waals surface area contributed by atoms with Gasteiger partial charge in [0.15, 0.2) is 0 Å². The highest BCUT2D eigenvalue weighted by atomic mass is 32.1. The van der Waals surface area contributed by atoms with E-state index in [1.165, 1.54) is 11.3 Å². The van der Waals surface area contributed by atoms with Crippen molar-refractivity contribution in [2.45, 2.75) is 44.9 Å². The Hall–Kier alpha value is -2.87. The summed E-state index contributed by atoms with van der Waals surface area (Å²) in [6, 6.07) is 7.17. The van der Waals surface area contributed by atoms with Crippen LogP contribution in [-0.2, 0) is 22.4 Å². The molecule has 2 aromatic rings. The Morgan fingerprint density at radius 3 is 2.52 bits per heavy atom. The zero-order valence-corrected chi connectivity index (χ0v) is 18.2. The Morgan fingerprint density at radius 2 is 1.77 bits per heavy atom. The van der Waals surface area contributed by atoms with E-state index < -0.39 is 17.8 Å². The minimum absolute atomic E-state index is 0.294. The summed E-state index contributed by atoms with van der Waals surface area (Å²) in [7, 11) is 1.54. The molecule has 2 atom stereocenters. The van der Waals surface area contributed by atoms with Gasteiger partial charge >= 0.3 is 5.97 Å². The van der Waals surface area contributed by atoms with Crippen molar-refractivity contribution < 1.29 is 24.2 Å². The number of nitrogens with one attached hydrogen (secondary N) is 2. The number of hydrogen-bond donors (Lipinski definition) is 3. The van der Waals surface area contributed by atoms with Gasteiger partial charge in [-0.15, -0.1) is 11.3 Å². The predicted octanol–water partition coefficient (Wildman–Crippen LogP) is 4.33. The second-order valence-electron chi connectivity index (χ2n) is 8.04. The Bertz CT molecular complexity index is 1020. The molecular weight excluding hydrogens is 416 g/mol. The molecule has 3 N–H and O–H groups in total. The van der Waals surface area contributed by atoms with Crippen LogP contribution in [0.1, 0.15) is 52.9 Å². The summed E-state index contributed by atoms with van der Waals surface area (Å²) in [6.07, 6.45) is 5.37. The maximum absolute atomic E-state index is 13.2. The number of benzene rings is 1. The van der Waals surface area contributed by atoms with Gasteiger partial charge in [-0.25, -0.2) is 0 Å². The van der Waals surface area contributed by atoms with Crippen molar-refractivity contribution in [3.05, 3.63) is 40.3 Å². The number of methoxy groups -OCH3 is 1. The minimum Gasteiger partial charge on any atom is -0.495 e. The number of fused-ring (bicyclic) bond motifs is 1. The summed E-state index contributed by atoms with van der Waals surface area (Å²) in [6.45, 7) is 0. The lowest BCUT2D eigenvalue weighted by Gasteiger charge is -2.27. The molecule has 31 heavy (non-hydrogen) atoms. The molecule has 8 heteroatoms. The standard InChI is InChI=1S/C23H26N2O5S/c1-30-17-11-5-4-10-16(17)24-21(27)19-15-9-6-12-18(15)31-22(19)25-20(26)13-7-2-3-8-14(13)23(28)29/h4-5,10-11,13-14H,2-3,6-9,12H2,1H3,(H,24,27)(H,25,26)(H,28,29)/t13-,14-/m0/s1. The molecule has 1 fully saturated rings. The molecule has 0 saturated heterocycles. The van der Waals surface area contributed by atoms with E-state index in [0.29, 0.717) is 34.8 Å². The Balaban J connectivity index is 1.60. The van der Waals surface area contributed by atoms with E-state index in [9.17, 15) is 19.5 Å². The van der Waals surface area contributed by atoms with E-state index in [1.54, 1.807) is 19.2 Å². The van der Waals surface area contributed by atoms with E-state index in [0.717, 1.165) is 42.5 Å². The van der Waals surface area contributed by atoms with Crippen LogP contribution in [-0.4, -0.2) is 30.0 Å². The first-order chi connectivity index (χ1) is 15.0. The summed E-state index contributed by atoms with van der Waals surface area (Å²) in [4.78, 5) is 39.0. The van der Waals surface area contributed by atoms with Gasteiger partial charge in [-0.05, 0) is 49.8 Å². The monoisotopic (exact) mass is 442 g/mol. The third-order valence-electron chi connectivity index (χ3n) is 6.16. The summed E-state index contributed by atoms with van der Waals surface area (Å²) >= 11 is 1.43. The first kappa shape index (κ1) is 21.4. The molecule has 164 valence electrons. The third kappa shape index (κ3) is 4.30. The number of rotatable bonds is 6. The van der Waals surface area contributed by atoms with Crippen LogP contribution in [0.25, 0.3) is 0 Å².